The highest BCUT2D eigenvalue weighted by Gasteiger charge is 2.19. The Labute approximate surface area is 105 Å². The molecule has 1 aromatic carbocycles. The van der Waals surface area contributed by atoms with Crippen LogP contribution >= 0.6 is 0 Å². The van der Waals surface area contributed by atoms with Crippen molar-refractivity contribution >= 4 is 5.91 Å². The first-order valence-corrected chi connectivity index (χ1v) is 5.77. The molecule has 0 aliphatic heterocycles. The summed E-state index contributed by atoms with van der Waals surface area (Å²) in [5.41, 5.74) is 0.246. The normalized spacial score (nSPS) is 14.1. The van der Waals surface area contributed by atoms with Crippen LogP contribution in [0.3, 0.4) is 0 Å². The quantitative estimate of drug-likeness (QED) is 0.880. The van der Waals surface area contributed by atoms with Gasteiger partial charge in [-0.25, -0.2) is 8.78 Å². The maximum atomic E-state index is 13.5. The second-order valence-corrected chi connectivity index (χ2v) is 4.03. The second kappa shape index (κ2) is 6.44. The number of carbonyl (C=O) groups is 1. The highest BCUT2D eigenvalue weighted by atomic mass is 19.1. The van der Waals surface area contributed by atoms with Gasteiger partial charge in [0, 0.05) is 18.7 Å². The molecule has 0 aliphatic carbocycles. The lowest BCUT2D eigenvalue weighted by atomic mass is 10.1. The van der Waals surface area contributed by atoms with Gasteiger partial charge in [0.15, 0.2) is 0 Å². The van der Waals surface area contributed by atoms with E-state index in [1.807, 2.05) is 6.92 Å². The summed E-state index contributed by atoms with van der Waals surface area (Å²) < 4.78 is 31.2. The summed E-state index contributed by atoms with van der Waals surface area (Å²) in [6.45, 7) is 3.45. The lowest BCUT2D eigenvalue weighted by Gasteiger charge is -2.19. The maximum Gasteiger partial charge on any atom is 0.249 e. The molecule has 0 saturated heterocycles. The van der Waals surface area contributed by atoms with Gasteiger partial charge in [-0.05, 0) is 19.4 Å². The number of hydrogen-bond donors (Lipinski definition) is 1. The number of nitrogens with one attached hydrogen (secondary N) is 1. The van der Waals surface area contributed by atoms with Crippen LogP contribution in [0.4, 0.5) is 8.78 Å². The molecule has 1 amide bonds. The topological polar surface area (TPSA) is 38.3 Å². The summed E-state index contributed by atoms with van der Waals surface area (Å²) >= 11 is 0. The number of rotatable bonds is 5. The third-order valence-corrected chi connectivity index (χ3v) is 2.74. The van der Waals surface area contributed by atoms with Gasteiger partial charge < -0.3 is 10.1 Å². The minimum absolute atomic E-state index is 0.246. The van der Waals surface area contributed by atoms with Crippen LogP contribution < -0.4 is 5.32 Å². The molecule has 2 unspecified atom stereocenters. The number of amides is 1. The van der Waals surface area contributed by atoms with E-state index < -0.39 is 23.8 Å². The molecule has 0 heterocycles. The van der Waals surface area contributed by atoms with E-state index in [0.717, 1.165) is 12.1 Å². The highest BCUT2D eigenvalue weighted by Crippen LogP contribution is 2.18. The van der Waals surface area contributed by atoms with Crippen LogP contribution in [-0.2, 0) is 9.53 Å². The molecule has 1 N–H and O–H groups in total. The fraction of sp³-hybridized carbons (Fsp3) is 0.462. The van der Waals surface area contributed by atoms with E-state index in [1.54, 1.807) is 6.92 Å². The fourth-order valence-electron chi connectivity index (χ4n) is 1.70. The van der Waals surface area contributed by atoms with Crippen molar-refractivity contribution in [2.24, 2.45) is 0 Å². The van der Waals surface area contributed by atoms with E-state index in [0.29, 0.717) is 6.42 Å². The zero-order valence-corrected chi connectivity index (χ0v) is 10.7. The molecule has 1 aromatic rings. The SMILES string of the molecule is CCC(OC)C(=O)NC(C)c1ccc(F)cc1F. The van der Waals surface area contributed by atoms with Crippen LogP contribution in [0.15, 0.2) is 18.2 Å². The maximum absolute atomic E-state index is 13.5. The average molecular weight is 257 g/mol. The Morgan fingerprint density at radius 2 is 2.11 bits per heavy atom. The molecule has 100 valence electrons. The van der Waals surface area contributed by atoms with Crippen molar-refractivity contribution < 1.29 is 18.3 Å². The summed E-state index contributed by atoms with van der Waals surface area (Å²) in [7, 11) is 1.44. The minimum atomic E-state index is -0.673. The van der Waals surface area contributed by atoms with Crippen molar-refractivity contribution in [3.63, 3.8) is 0 Å². The number of halogens is 2. The van der Waals surface area contributed by atoms with Gasteiger partial charge in [-0.1, -0.05) is 13.0 Å². The van der Waals surface area contributed by atoms with Crippen molar-refractivity contribution in [2.45, 2.75) is 32.4 Å². The summed E-state index contributed by atoms with van der Waals surface area (Å²) in [4.78, 5) is 11.7. The van der Waals surface area contributed by atoms with E-state index in [1.165, 1.54) is 13.2 Å². The van der Waals surface area contributed by atoms with Gasteiger partial charge in [0.05, 0.1) is 6.04 Å². The predicted octanol–water partition coefficient (Wildman–Crippen LogP) is 2.57. The van der Waals surface area contributed by atoms with Gasteiger partial charge in [-0.3, -0.25) is 4.79 Å². The van der Waals surface area contributed by atoms with Crippen LogP contribution in [0.25, 0.3) is 0 Å². The number of methoxy groups -OCH3 is 1. The Morgan fingerprint density at radius 3 is 2.61 bits per heavy atom. The predicted molar refractivity (Wildman–Crippen MR) is 64.0 cm³/mol. The van der Waals surface area contributed by atoms with E-state index in [2.05, 4.69) is 5.32 Å². The summed E-state index contributed by atoms with van der Waals surface area (Å²) in [5, 5.41) is 2.63. The van der Waals surface area contributed by atoms with Crippen molar-refractivity contribution in [3.8, 4) is 0 Å². The first-order chi connectivity index (χ1) is 8.49. The zero-order chi connectivity index (χ0) is 13.7. The fourth-order valence-corrected chi connectivity index (χ4v) is 1.70. The molecule has 5 heteroatoms. The van der Waals surface area contributed by atoms with Crippen molar-refractivity contribution in [2.75, 3.05) is 7.11 Å². The third-order valence-electron chi connectivity index (χ3n) is 2.74. The summed E-state index contributed by atoms with van der Waals surface area (Å²) in [6.07, 6.45) is -0.0306. The molecule has 0 bridgehead atoms. The number of benzene rings is 1. The van der Waals surface area contributed by atoms with E-state index >= 15 is 0 Å². The standard InChI is InChI=1S/C13H17F2NO2/c1-4-12(18-3)13(17)16-8(2)10-6-5-9(14)7-11(10)15/h5-8,12H,4H2,1-3H3,(H,16,17). The van der Waals surface area contributed by atoms with Crippen LogP contribution in [-0.4, -0.2) is 19.1 Å². The van der Waals surface area contributed by atoms with Gasteiger partial charge >= 0.3 is 0 Å². The van der Waals surface area contributed by atoms with Crippen LogP contribution in [0.1, 0.15) is 31.9 Å². The lowest BCUT2D eigenvalue weighted by molar-refractivity contribution is -0.131. The largest absolute Gasteiger partial charge is 0.372 e. The first-order valence-electron chi connectivity index (χ1n) is 5.77. The molecule has 0 fully saturated rings. The highest BCUT2D eigenvalue weighted by molar-refractivity contribution is 5.81. The molecule has 0 aliphatic rings. The average Bonchev–Trinajstić information content (AvgIpc) is 2.30. The Hall–Kier alpha value is -1.49. The molecule has 18 heavy (non-hydrogen) atoms. The zero-order valence-electron chi connectivity index (χ0n) is 10.7. The Kier molecular flexibility index (Phi) is 5.22. The Morgan fingerprint density at radius 1 is 1.44 bits per heavy atom. The third kappa shape index (κ3) is 3.50. The molecule has 0 aromatic heterocycles. The molecule has 1 rings (SSSR count). The van der Waals surface area contributed by atoms with E-state index in [4.69, 9.17) is 4.74 Å². The minimum Gasteiger partial charge on any atom is -0.372 e. The molecular formula is C13H17F2NO2. The summed E-state index contributed by atoms with van der Waals surface area (Å²) in [5.74, 6) is -1.62. The molecular weight excluding hydrogens is 240 g/mol. The molecule has 2 atom stereocenters. The monoisotopic (exact) mass is 257 g/mol. The number of hydrogen-bond acceptors (Lipinski definition) is 2. The summed E-state index contributed by atoms with van der Waals surface area (Å²) in [6, 6.07) is 2.74. The van der Waals surface area contributed by atoms with Gasteiger partial charge in [0.2, 0.25) is 5.91 Å². The van der Waals surface area contributed by atoms with Gasteiger partial charge in [0.1, 0.15) is 17.7 Å². The molecule has 0 radical (unpaired) electrons. The number of ether oxygens (including phenoxy) is 1. The van der Waals surface area contributed by atoms with Crippen molar-refractivity contribution in [3.05, 3.63) is 35.4 Å². The Bertz CT molecular complexity index is 419. The van der Waals surface area contributed by atoms with Gasteiger partial charge in [0.25, 0.3) is 0 Å². The molecule has 0 spiro atoms. The van der Waals surface area contributed by atoms with Crippen LogP contribution in [0, 0.1) is 11.6 Å². The van der Waals surface area contributed by atoms with Crippen LogP contribution in [0.2, 0.25) is 0 Å². The van der Waals surface area contributed by atoms with E-state index in [9.17, 15) is 13.6 Å². The molecule has 0 saturated carbocycles. The lowest BCUT2D eigenvalue weighted by Crippen LogP contribution is -2.37. The first kappa shape index (κ1) is 14.6. The molecule has 3 nitrogen and oxygen atoms in total. The number of carbonyl (C=O) groups excluding carboxylic acids is 1. The Balaban J connectivity index is 2.76. The van der Waals surface area contributed by atoms with Gasteiger partial charge in [-0.15, -0.1) is 0 Å². The van der Waals surface area contributed by atoms with Gasteiger partial charge in [-0.2, -0.15) is 0 Å². The second-order valence-electron chi connectivity index (χ2n) is 4.03. The van der Waals surface area contributed by atoms with Crippen molar-refractivity contribution in [1.82, 2.24) is 5.32 Å². The van der Waals surface area contributed by atoms with Crippen molar-refractivity contribution in [1.29, 1.82) is 0 Å². The smallest absolute Gasteiger partial charge is 0.249 e. The van der Waals surface area contributed by atoms with E-state index in [-0.39, 0.29) is 11.5 Å². The van der Waals surface area contributed by atoms with Crippen LogP contribution in [0.5, 0.6) is 0 Å².